The average molecular weight is 588 g/mol. The van der Waals surface area contributed by atoms with Crippen LogP contribution in [0.25, 0.3) is 55.8 Å². The molecule has 7 aromatic rings. The number of hydrogen-bond donors (Lipinski definition) is 0. The maximum absolute atomic E-state index is 5.31. The van der Waals surface area contributed by atoms with Crippen LogP contribution in [0.3, 0.4) is 0 Å². The molecule has 0 aliphatic carbocycles. The van der Waals surface area contributed by atoms with Crippen molar-refractivity contribution in [2.45, 2.75) is 32.6 Å². The average Bonchev–Trinajstić information content (AvgIpc) is 3.10. The minimum absolute atomic E-state index is 0.833. The molecule has 0 aliphatic heterocycles. The fraction of sp³-hybridized carbons (Fsp3) is 0.154. The van der Waals surface area contributed by atoms with E-state index in [2.05, 4.69) is 59.6 Å². The predicted molar refractivity (Wildman–Crippen MR) is 181 cm³/mol. The molecule has 7 rings (SSSR count). The van der Waals surface area contributed by atoms with Crippen LogP contribution in [0.2, 0.25) is 0 Å². The van der Waals surface area contributed by atoms with Crippen molar-refractivity contribution >= 4 is 21.8 Å². The summed E-state index contributed by atoms with van der Waals surface area (Å²) >= 11 is 0. The van der Waals surface area contributed by atoms with Crippen molar-refractivity contribution < 1.29 is 4.74 Å². The Morgan fingerprint density at radius 1 is 0.533 bits per heavy atom. The number of methoxy groups -OCH3 is 1. The third kappa shape index (κ3) is 6.27. The zero-order chi connectivity index (χ0) is 30.6. The summed E-state index contributed by atoms with van der Waals surface area (Å²) in [7, 11) is 1.68. The van der Waals surface area contributed by atoms with E-state index in [4.69, 9.17) is 24.7 Å². The van der Waals surface area contributed by atoms with Crippen molar-refractivity contribution in [2.75, 3.05) is 7.11 Å². The Morgan fingerprint density at radius 3 is 1.87 bits per heavy atom. The lowest BCUT2D eigenvalue weighted by atomic mass is 10.0. The van der Waals surface area contributed by atoms with Crippen molar-refractivity contribution in [1.82, 2.24) is 24.9 Å². The molecule has 6 nitrogen and oxygen atoms in total. The quantitative estimate of drug-likeness (QED) is 0.124. The van der Waals surface area contributed by atoms with E-state index in [-0.39, 0.29) is 0 Å². The second-order valence-electron chi connectivity index (χ2n) is 11.3. The molecule has 0 spiro atoms. The first-order valence-electron chi connectivity index (χ1n) is 15.3. The van der Waals surface area contributed by atoms with Gasteiger partial charge in [-0.1, -0.05) is 42.5 Å². The van der Waals surface area contributed by atoms with E-state index < -0.39 is 0 Å². The summed E-state index contributed by atoms with van der Waals surface area (Å²) in [6, 6.07) is 35.0. The number of hydrogen-bond acceptors (Lipinski definition) is 6. The van der Waals surface area contributed by atoms with Gasteiger partial charge >= 0.3 is 0 Å². The largest absolute Gasteiger partial charge is 0.497 e. The molecule has 2 aromatic carbocycles. The predicted octanol–water partition coefficient (Wildman–Crippen LogP) is 8.85. The highest BCUT2D eigenvalue weighted by atomic mass is 16.5. The van der Waals surface area contributed by atoms with Gasteiger partial charge in [0.25, 0.3) is 0 Å². The van der Waals surface area contributed by atoms with Crippen LogP contribution in [0.5, 0.6) is 5.75 Å². The Kier molecular flexibility index (Phi) is 7.94. The Balaban J connectivity index is 1.01. The molecule has 0 bridgehead atoms. The van der Waals surface area contributed by atoms with Crippen molar-refractivity contribution in [1.29, 1.82) is 0 Å². The van der Waals surface area contributed by atoms with E-state index in [1.165, 1.54) is 5.56 Å². The maximum Gasteiger partial charge on any atom is 0.118 e. The van der Waals surface area contributed by atoms with Gasteiger partial charge in [0.2, 0.25) is 0 Å². The number of pyridine rings is 5. The van der Waals surface area contributed by atoms with Crippen molar-refractivity contribution in [3.63, 3.8) is 0 Å². The summed E-state index contributed by atoms with van der Waals surface area (Å²) < 4.78 is 5.31. The van der Waals surface area contributed by atoms with Crippen molar-refractivity contribution in [3.05, 3.63) is 132 Å². The third-order valence-corrected chi connectivity index (χ3v) is 8.12. The molecular weight excluding hydrogens is 554 g/mol. The monoisotopic (exact) mass is 587 g/mol. The Bertz CT molecular complexity index is 2090. The molecule has 0 atom stereocenters. The smallest absolute Gasteiger partial charge is 0.118 e. The summed E-state index contributed by atoms with van der Waals surface area (Å²) in [5, 5.41) is 2.20. The van der Waals surface area contributed by atoms with E-state index in [1.54, 1.807) is 7.11 Å². The highest BCUT2D eigenvalue weighted by Crippen LogP contribution is 2.28. The number of nitrogens with zero attached hydrogens (tertiary/aromatic N) is 5. The zero-order valence-electron chi connectivity index (χ0n) is 25.4. The molecule has 0 N–H and O–H groups in total. The molecule has 0 saturated carbocycles. The van der Waals surface area contributed by atoms with Crippen LogP contribution in [0.4, 0.5) is 0 Å². The van der Waals surface area contributed by atoms with Gasteiger partial charge in [0.05, 0.1) is 46.6 Å². The topological polar surface area (TPSA) is 73.7 Å². The van der Waals surface area contributed by atoms with Crippen molar-refractivity contribution in [3.8, 4) is 39.8 Å². The Labute approximate surface area is 262 Å². The highest BCUT2D eigenvalue weighted by Gasteiger charge is 2.09. The fourth-order valence-corrected chi connectivity index (χ4v) is 5.57. The van der Waals surface area contributed by atoms with E-state index in [9.17, 15) is 0 Å². The lowest BCUT2D eigenvalue weighted by Crippen LogP contribution is -1.96. The molecule has 5 heterocycles. The van der Waals surface area contributed by atoms with Crippen LogP contribution in [0.15, 0.2) is 116 Å². The van der Waals surface area contributed by atoms with Gasteiger partial charge in [-0.2, -0.15) is 0 Å². The molecule has 5 aromatic heterocycles. The molecule has 0 amide bonds. The van der Waals surface area contributed by atoms with Gasteiger partial charge < -0.3 is 4.74 Å². The summed E-state index contributed by atoms with van der Waals surface area (Å²) in [5.74, 6) is 0.833. The number of benzene rings is 2. The number of rotatable bonds is 9. The fourth-order valence-electron chi connectivity index (χ4n) is 5.57. The zero-order valence-corrected chi connectivity index (χ0v) is 25.4. The summed E-state index contributed by atoms with van der Waals surface area (Å²) in [6.45, 7) is 2.03. The normalized spacial score (nSPS) is 11.2. The van der Waals surface area contributed by atoms with Crippen LogP contribution in [-0.2, 0) is 12.8 Å². The number of unbranched alkanes of at least 4 members (excludes halogenated alkanes) is 1. The number of aromatic nitrogens is 5. The van der Waals surface area contributed by atoms with Crippen LogP contribution < -0.4 is 4.74 Å². The molecule has 0 saturated heterocycles. The maximum atomic E-state index is 5.31. The summed E-state index contributed by atoms with van der Waals surface area (Å²) in [6.07, 6.45) is 7.83. The minimum Gasteiger partial charge on any atom is -0.497 e. The molecule has 220 valence electrons. The molecule has 0 unspecified atom stereocenters. The number of fused-ring (bicyclic) bond motifs is 3. The molecule has 0 radical (unpaired) electrons. The molecular formula is C39H33N5O. The second-order valence-corrected chi connectivity index (χ2v) is 11.3. The summed E-state index contributed by atoms with van der Waals surface area (Å²) in [5.41, 5.74) is 10.7. The standard InChI is InChI=1S/C39H33N5O/c1-26-10-21-34(40-24-26)36-8-5-9-37(43-36)35-22-11-27(25-41-35)6-3-4-7-31-18-14-29-12-13-30-17-23-33(44-39(30)38(29)42-31)28-15-19-32(45-2)20-16-28/h5,8-25H,3-4,6-7H2,1-2H3. The molecule has 6 heteroatoms. The van der Waals surface area contributed by atoms with Gasteiger partial charge in [-0.05, 0) is 104 Å². The van der Waals surface area contributed by atoms with E-state index in [0.717, 1.165) is 98.5 Å². The second kappa shape index (κ2) is 12.6. The van der Waals surface area contributed by atoms with Gasteiger partial charge in [-0.3, -0.25) is 15.0 Å². The third-order valence-electron chi connectivity index (χ3n) is 8.12. The van der Waals surface area contributed by atoms with Crippen LogP contribution >= 0.6 is 0 Å². The van der Waals surface area contributed by atoms with E-state index in [1.807, 2.05) is 67.8 Å². The SMILES string of the molecule is COc1ccc(-c2ccc3ccc4ccc(CCCCc5ccc(-c6cccc(-c7ccc(C)cn7)n6)nc5)nc4c3n2)cc1. The Morgan fingerprint density at radius 2 is 1.18 bits per heavy atom. The number of aryl methyl sites for hydroxylation is 3. The van der Waals surface area contributed by atoms with Gasteiger partial charge in [-0.25, -0.2) is 9.97 Å². The van der Waals surface area contributed by atoms with E-state index >= 15 is 0 Å². The number of ether oxygens (including phenoxy) is 1. The van der Waals surface area contributed by atoms with E-state index in [0.29, 0.717) is 0 Å². The minimum atomic E-state index is 0.833. The molecule has 0 fully saturated rings. The molecule has 45 heavy (non-hydrogen) atoms. The van der Waals surface area contributed by atoms with Gasteiger partial charge in [-0.15, -0.1) is 0 Å². The lowest BCUT2D eigenvalue weighted by molar-refractivity contribution is 0.415. The van der Waals surface area contributed by atoms with Crippen LogP contribution in [0.1, 0.15) is 29.7 Å². The molecule has 0 aliphatic rings. The van der Waals surface area contributed by atoms with Crippen molar-refractivity contribution in [2.24, 2.45) is 0 Å². The summed E-state index contributed by atoms with van der Waals surface area (Å²) in [4.78, 5) is 24.2. The first-order valence-corrected chi connectivity index (χ1v) is 15.3. The first kappa shape index (κ1) is 28.3. The highest BCUT2D eigenvalue weighted by molar-refractivity contribution is 6.03. The lowest BCUT2D eigenvalue weighted by Gasteiger charge is -2.09. The van der Waals surface area contributed by atoms with Gasteiger partial charge in [0, 0.05) is 34.4 Å². The van der Waals surface area contributed by atoms with Crippen LogP contribution in [0, 0.1) is 6.92 Å². The Hall–Kier alpha value is -5.49. The van der Waals surface area contributed by atoms with Gasteiger partial charge in [0.1, 0.15) is 5.75 Å². The first-order chi connectivity index (χ1) is 22.1. The van der Waals surface area contributed by atoms with Gasteiger partial charge in [0.15, 0.2) is 0 Å². The van der Waals surface area contributed by atoms with Crippen LogP contribution in [-0.4, -0.2) is 32.0 Å².